The summed E-state index contributed by atoms with van der Waals surface area (Å²) in [7, 11) is 3.14. The van der Waals surface area contributed by atoms with Crippen LogP contribution >= 0.6 is 0 Å². The minimum atomic E-state index is -0.236. The second kappa shape index (κ2) is 10.0. The number of amides is 2. The fourth-order valence-electron chi connectivity index (χ4n) is 2.85. The van der Waals surface area contributed by atoms with Crippen molar-refractivity contribution in [2.75, 3.05) is 32.7 Å². The number of hydrogen-bond donors (Lipinski definition) is 2. The van der Waals surface area contributed by atoms with Crippen LogP contribution in [-0.4, -0.2) is 39.5 Å². The summed E-state index contributed by atoms with van der Waals surface area (Å²) in [6.45, 7) is 1.28. The zero-order chi connectivity index (χ0) is 17.2. The monoisotopic (exact) mass is 336 g/mol. The van der Waals surface area contributed by atoms with Crippen LogP contribution in [0, 0.1) is 0 Å². The molecule has 0 heterocycles. The van der Waals surface area contributed by atoms with E-state index in [4.69, 9.17) is 14.2 Å². The lowest BCUT2D eigenvalue weighted by Gasteiger charge is -2.21. The van der Waals surface area contributed by atoms with E-state index in [-0.39, 0.29) is 6.03 Å². The molecular weight excluding hydrogens is 308 g/mol. The van der Waals surface area contributed by atoms with E-state index in [0.29, 0.717) is 36.4 Å². The molecule has 1 saturated carbocycles. The number of urea groups is 1. The van der Waals surface area contributed by atoms with Gasteiger partial charge in [-0.2, -0.15) is 0 Å². The molecule has 1 fully saturated rings. The fraction of sp³-hybridized carbons (Fsp3) is 0.611. The van der Waals surface area contributed by atoms with Crippen molar-refractivity contribution >= 4 is 11.7 Å². The second-order valence-corrected chi connectivity index (χ2v) is 5.94. The number of rotatable bonds is 8. The van der Waals surface area contributed by atoms with Gasteiger partial charge in [0.1, 0.15) is 0 Å². The summed E-state index contributed by atoms with van der Waals surface area (Å²) in [6.07, 6.45) is 7.46. The molecular formula is C18H28N2O4. The van der Waals surface area contributed by atoms with Crippen molar-refractivity contribution in [3.8, 4) is 11.5 Å². The molecule has 1 aliphatic rings. The highest BCUT2D eigenvalue weighted by atomic mass is 16.5. The van der Waals surface area contributed by atoms with E-state index in [2.05, 4.69) is 10.6 Å². The number of nitrogens with one attached hydrogen (secondary N) is 2. The van der Waals surface area contributed by atoms with E-state index < -0.39 is 0 Å². The Morgan fingerprint density at radius 3 is 2.58 bits per heavy atom. The van der Waals surface area contributed by atoms with Crippen LogP contribution in [0.15, 0.2) is 18.2 Å². The molecule has 2 N–H and O–H groups in total. The molecule has 0 spiro atoms. The standard InChI is InChI=1S/C18H28N2O4/c1-22-16-10-9-14(13-17(16)23-2)20-18(21)19-11-6-12-24-15-7-4-3-5-8-15/h9-10,13,15H,3-8,11-12H2,1-2H3,(H2,19,20,21). The largest absolute Gasteiger partial charge is 0.493 e. The lowest BCUT2D eigenvalue weighted by molar-refractivity contribution is 0.0276. The van der Waals surface area contributed by atoms with Gasteiger partial charge in [-0.3, -0.25) is 0 Å². The molecule has 6 nitrogen and oxygen atoms in total. The van der Waals surface area contributed by atoms with Gasteiger partial charge in [-0.25, -0.2) is 4.79 Å². The van der Waals surface area contributed by atoms with Crippen LogP contribution in [-0.2, 0) is 4.74 Å². The minimum absolute atomic E-state index is 0.236. The zero-order valence-electron chi connectivity index (χ0n) is 14.6. The van der Waals surface area contributed by atoms with Crippen molar-refractivity contribution in [3.63, 3.8) is 0 Å². The van der Waals surface area contributed by atoms with Gasteiger partial charge in [0, 0.05) is 24.9 Å². The van der Waals surface area contributed by atoms with Crippen LogP contribution in [0.4, 0.5) is 10.5 Å². The Labute approximate surface area is 143 Å². The van der Waals surface area contributed by atoms with Gasteiger partial charge in [0.25, 0.3) is 0 Å². The van der Waals surface area contributed by atoms with E-state index in [1.807, 2.05) is 0 Å². The first kappa shape index (κ1) is 18.4. The van der Waals surface area contributed by atoms with Crippen LogP contribution in [0.25, 0.3) is 0 Å². The Kier molecular flexibility index (Phi) is 7.68. The van der Waals surface area contributed by atoms with Crippen LogP contribution in [0.2, 0.25) is 0 Å². The first-order chi connectivity index (χ1) is 11.7. The fourth-order valence-corrected chi connectivity index (χ4v) is 2.85. The lowest BCUT2D eigenvalue weighted by atomic mass is 9.98. The molecule has 6 heteroatoms. The number of anilines is 1. The maximum Gasteiger partial charge on any atom is 0.319 e. The maximum absolute atomic E-state index is 11.9. The highest BCUT2D eigenvalue weighted by Crippen LogP contribution is 2.29. The average molecular weight is 336 g/mol. The summed E-state index contributed by atoms with van der Waals surface area (Å²) >= 11 is 0. The molecule has 0 atom stereocenters. The van der Waals surface area contributed by atoms with Gasteiger partial charge in [-0.15, -0.1) is 0 Å². The van der Waals surface area contributed by atoms with Crippen LogP contribution in [0.1, 0.15) is 38.5 Å². The molecule has 1 aromatic rings. The van der Waals surface area contributed by atoms with Gasteiger partial charge >= 0.3 is 6.03 Å². The van der Waals surface area contributed by atoms with E-state index in [9.17, 15) is 4.79 Å². The van der Waals surface area contributed by atoms with Gasteiger partial charge < -0.3 is 24.8 Å². The number of hydrogen-bond acceptors (Lipinski definition) is 4. The first-order valence-electron chi connectivity index (χ1n) is 8.61. The Bertz CT molecular complexity index is 516. The number of carbonyl (C=O) groups excluding carboxylic acids is 1. The van der Waals surface area contributed by atoms with Crippen LogP contribution in [0.5, 0.6) is 11.5 Å². The third-order valence-corrected chi connectivity index (χ3v) is 4.15. The summed E-state index contributed by atoms with van der Waals surface area (Å²) in [6, 6.07) is 5.02. The van der Waals surface area contributed by atoms with Crippen molar-refractivity contribution in [3.05, 3.63) is 18.2 Å². The quantitative estimate of drug-likeness (QED) is 0.712. The highest BCUT2D eigenvalue weighted by molar-refractivity contribution is 5.89. The molecule has 0 radical (unpaired) electrons. The van der Waals surface area contributed by atoms with Gasteiger partial charge in [0.05, 0.1) is 20.3 Å². The molecule has 1 aromatic carbocycles. The van der Waals surface area contributed by atoms with Gasteiger partial charge in [-0.05, 0) is 31.4 Å². The van der Waals surface area contributed by atoms with E-state index in [1.54, 1.807) is 32.4 Å². The molecule has 24 heavy (non-hydrogen) atoms. The SMILES string of the molecule is COc1ccc(NC(=O)NCCCOC2CCCCC2)cc1OC. The van der Waals surface area contributed by atoms with Crippen molar-refractivity contribution in [1.82, 2.24) is 5.32 Å². The van der Waals surface area contributed by atoms with Gasteiger partial charge in [0.2, 0.25) is 0 Å². The third-order valence-electron chi connectivity index (χ3n) is 4.15. The molecule has 2 rings (SSSR count). The summed E-state index contributed by atoms with van der Waals surface area (Å²) in [5, 5.41) is 5.61. The van der Waals surface area contributed by atoms with E-state index >= 15 is 0 Å². The van der Waals surface area contributed by atoms with Crippen molar-refractivity contribution in [1.29, 1.82) is 0 Å². The van der Waals surface area contributed by atoms with Crippen molar-refractivity contribution in [2.24, 2.45) is 0 Å². The van der Waals surface area contributed by atoms with Gasteiger partial charge in [0.15, 0.2) is 11.5 Å². The third kappa shape index (κ3) is 5.92. The Balaban J connectivity index is 1.64. The minimum Gasteiger partial charge on any atom is -0.493 e. The van der Waals surface area contributed by atoms with E-state index in [1.165, 1.54) is 32.1 Å². The smallest absolute Gasteiger partial charge is 0.319 e. The topological polar surface area (TPSA) is 68.8 Å². The zero-order valence-corrected chi connectivity index (χ0v) is 14.6. The van der Waals surface area contributed by atoms with Crippen molar-refractivity contribution < 1.29 is 19.0 Å². The first-order valence-corrected chi connectivity index (χ1v) is 8.61. The molecule has 2 amide bonds. The summed E-state index contributed by atoms with van der Waals surface area (Å²) < 4.78 is 16.2. The van der Waals surface area contributed by atoms with Crippen LogP contribution in [0.3, 0.4) is 0 Å². The number of methoxy groups -OCH3 is 2. The molecule has 0 bridgehead atoms. The van der Waals surface area contributed by atoms with E-state index in [0.717, 1.165) is 6.42 Å². The molecule has 1 aliphatic carbocycles. The summed E-state index contributed by atoms with van der Waals surface area (Å²) in [4.78, 5) is 11.9. The highest BCUT2D eigenvalue weighted by Gasteiger charge is 2.13. The summed E-state index contributed by atoms with van der Waals surface area (Å²) in [5.74, 6) is 1.21. The number of ether oxygens (including phenoxy) is 3. The number of benzene rings is 1. The maximum atomic E-state index is 11.9. The Morgan fingerprint density at radius 2 is 1.88 bits per heavy atom. The average Bonchev–Trinajstić information content (AvgIpc) is 2.62. The molecule has 0 unspecified atom stereocenters. The predicted octanol–water partition coefficient (Wildman–Crippen LogP) is 3.56. The molecule has 0 saturated heterocycles. The molecule has 0 aromatic heterocycles. The molecule has 134 valence electrons. The van der Waals surface area contributed by atoms with Crippen molar-refractivity contribution in [2.45, 2.75) is 44.6 Å². The normalized spacial score (nSPS) is 14.9. The van der Waals surface area contributed by atoms with Gasteiger partial charge in [-0.1, -0.05) is 19.3 Å². The lowest BCUT2D eigenvalue weighted by Crippen LogP contribution is -2.30. The predicted molar refractivity (Wildman–Crippen MR) is 94.0 cm³/mol. The second-order valence-electron chi connectivity index (χ2n) is 5.94. The Morgan fingerprint density at radius 1 is 1.12 bits per heavy atom. The summed E-state index contributed by atoms with van der Waals surface area (Å²) in [5.41, 5.74) is 0.656. The Hall–Kier alpha value is -1.95. The van der Waals surface area contributed by atoms with Crippen LogP contribution < -0.4 is 20.1 Å². The molecule has 0 aliphatic heterocycles. The number of carbonyl (C=O) groups is 1.